The lowest BCUT2D eigenvalue weighted by atomic mass is 10.0. The van der Waals surface area contributed by atoms with Crippen molar-refractivity contribution in [1.82, 2.24) is 10.6 Å². The SMILES string of the molecule is COc1ccc([C@@H](CC(=O)NC[C@H]2CCN(c3ccccc3)C2)NC(C)=O)cc1. The topological polar surface area (TPSA) is 70.7 Å². The average molecular weight is 396 g/mol. The Bertz CT molecular complexity index is 808. The summed E-state index contributed by atoms with van der Waals surface area (Å²) in [5.41, 5.74) is 2.11. The van der Waals surface area contributed by atoms with Gasteiger partial charge < -0.3 is 20.3 Å². The smallest absolute Gasteiger partial charge is 0.222 e. The monoisotopic (exact) mass is 395 g/mol. The number of methoxy groups -OCH3 is 1. The first-order valence-electron chi connectivity index (χ1n) is 10.0. The molecular formula is C23H29N3O3. The van der Waals surface area contributed by atoms with Crippen molar-refractivity contribution >= 4 is 17.5 Å². The number of nitrogens with one attached hydrogen (secondary N) is 2. The van der Waals surface area contributed by atoms with Crippen molar-refractivity contribution in [3.8, 4) is 5.75 Å². The van der Waals surface area contributed by atoms with Crippen molar-refractivity contribution in [3.05, 3.63) is 60.2 Å². The van der Waals surface area contributed by atoms with Gasteiger partial charge in [-0.25, -0.2) is 0 Å². The molecule has 2 amide bonds. The number of amides is 2. The van der Waals surface area contributed by atoms with Gasteiger partial charge in [-0.3, -0.25) is 9.59 Å². The minimum Gasteiger partial charge on any atom is -0.497 e. The summed E-state index contributed by atoms with van der Waals surface area (Å²) < 4.78 is 5.18. The Morgan fingerprint density at radius 3 is 2.52 bits per heavy atom. The summed E-state index contributed by atoms with van der Waals surface area (Å²) in [7, 11) is 1.61. The number of anilines is 1. The highest BCUT2D eigenvalue weighted by Gasteiger charge is 2.24. The molecule has 1 fully saturated rings. The molecule has 1 heterocycles. The van der Waals surface area contributed by atoms with Crippen molar-refractivity contribution in [2.24, 2.45) is 5.92 Å². The summed E-state index contributed by atoms with van der Waals surface area (Å²) in [6.07, 6.45) is 1.27. The van der Waals surface area contributed by atoms with Gasteiger partial charge in [-0.15, -0.1) is 0 Å². The molecule has 0 saturated carbocycles. The van der Waals surface area contributed by atoms with Crippen LogP contribution < -0.4 is 20.3 Å². The molecule has 154 valence electrons. The molecular weight excluding hydrogens is 366 g/mol. The van der Waals surface area contributed by atoms with Crippen LogP contribution >= 0.6 is 0 Å². The van der Waals surface area contributed by atoms with Gasteiger partial charge in [0.15, 0.2) is 0 Å². The third-order valence-electron chi connectivity index (χ3n) is 5.28. The minimum atomic E-state index is -0.359. The Morgan fingerprint density at radius 1 is 1.14 bits per heavy atom. The van der Waals surface area contributed by atoms with Crippen molar-refractivity contribution < 1.29 is 14.3 Å². The molecule has 2 aromatic rings. The van der Waals surface area contributed by atoms with Crippen LogP contribution in [0.2, 0.25) is 0 Å². The number of benzene rings is 2. The quantitative estimate of drug-likeness (QED) is 0.721. The highest BCUT2D eigenvalue weighted by atomic mass is 16.5. The maximum Gasteiger partial charge on any atom is 0.222 e. The van der Waals surface area contributed by atoms with Crippen molar-refractivity contribution in [1.29, 1.82) is 0 Å². The third kappa shape index (κ3) is 5.98. The molecule has 1 aliphatic heterocycles. The molecule has 0 aliphatic carbocycles. The van der Waals surface area contributed by atoms with Crippen LogP contribution in [-0.2, 0) is 9.59 Å². The number of nitrogens with zero attached hydrogens (tertiary/aromatic N) is 1. The fourth-order valence-corrected chi connectivity index (χ4v) is 3.72. The number of hydrogen-bond donors (Lipinski definition) is 2. The lowest BCUT2D eigenvalue weighted by molar-refractivity contribution is -0.122. The molecule has 0 radical (unpaired) electrons. The number of rotatable bonds is 8. The molecule has 3 rings (SSSR count). The summed E-state index contributed by atoms with van der Waals surface area (Å²) in [5.74, 6) is 0.953. The van der Waals surface area contributed by atoms with Crippen LogP contribution in [0.5, 0.6) is 5.75 Å². The molecule has 0 bridgehead atoms. The van der Waals surface area contributed by atoms with E-state index in [2.05, 4.69) is 27.7 Å². The number of hydrogen-bond acceptors (Lipinski definition) is 4. The normalized spacial score (nSPS) is 16.9. The Morgan fingerprint density at radius 2 is 1.86 bits per heavy atom. The zero-order valence-electron chi connectivity index (χ0n) is 17.1. The molecule has 2 aromatic carbocycles. The zero-order valence-corrected chi connectivity index (χ0v) is 17.1. The number of carbonyl (C=O) groups excluding carboxylic acids is 2. The van der Waals surface area contributed by atoms with Gasteiger partial charge in [-0.1, -0.05) is 30.3 Å². The highest BCUT2D eigenvalue weighted by Crippen LogP contribution is 2.23. The molecule has 0 spiro atoms. The summed E-state index contributed by atoms with van der Waals surface area (Å²) in [5, 5.41) is 5.92. The van der Waals surface area contributed by atoms with Crippen LogP contribution in [0.4, 0.5) is 5.69 Å². The zero-order chi connectivity index (χ0) is 20.6. The molecule has 1 saturated heterocycles. The van der Waals surface area contributed by atoms with Crippen molar-refractivity contribution in [2.75, 3.05) is 31.6 Å². The Balaban J connectivity index is 1.51. The van der Waals surface area contributed by atoms with Crippen LogP contribution in [0.15, 0.2) is 54.6 Å². The first-order valence-corrected chi connectivity index (χ1v) is 10.0. The van der Waals surface area contributed by atoms with E-state index in [0.717, 1.165) is 30.8 Å². The van der Waals surface area contributed by atoms with Gasteiger partial charge in [0.05, 0.1) is 19.6 Å². The number of ether oxygens (including phenoxy) is 1. The summed E-state index contributed by atoms with van der Waals surface area (Å²) >= 11 is 0. The molecule has 2 N–H and O–H groups in total. The Labute approximate surface area is 172 Å². The van der Waals surface area contributed by atoms with E-state index in [1.807, 2.05) is 42.5 Å². The highest BCUT2D eigenvalue weighted by molar-refractivity contribution is 5.79. The maximum atomic E-state index is 12.5. The van der Waals surface area contributed by atoms with Crippen molar-refractivity contribution in [3.63, 3.8) is 0 Å². The van der Waals surface area contributed by atoms with E-state index in [-0.39, 0.29) is 24.3 Å². The molecule has 1 aliphatic rings. The van der Waals surface area contributed by atoms with Gasteiger partial charge in [-0.05, 0) is 42.2 Å². The first kappa shape index (κ1) is 20.7. The third-order valence-corrected chi connectivity index (χ3v) is 5.28. The molecule has 0 unspecified atom stereocenters. The van der Waals surface area contributed by atoms with E-state index < -0.39 is 0 Å². The van der Waals surface area contributed by atoms with E-state index >= 15 is 0 Å². The maximum absolute atomic E-state index is 12.5. The Kier molecular flexibility index (Phi) is 7.11. The number of para-hydroxylation sites is 1. The first-order chi connectivity index (χ1) is 14.0. The largest absolute Gasteiger partial charge is 0.497 e. The predicted octanol–water partition coefficient (Wildman–Crippen LogP) is 2.91. The molecule has 2 atom stereocenters. The van der Waals surface area contributed by atoms with E-state index in [4.69, 9.17) is 4.74 Å². The van der Waals surface area contributed by atoms with E-state index in [1.165, 1.54) is 12.6 Å². The molecule has 29 heavy (non-hydrogen) atoms. The second-order valence-corrected chi connectivity index (χ2v) is 7.47. The average Bonchev–Trinajstić information content (AvgIpc) is 3.21. The summed E-state index contributed by atoms with van der Waals surface area (Å²) in [6.45, 7) is 4.06. The van der Waals surface area contributed by atoms with Crippen LogP contribution in [0, 0.1) is 5.92 Å². The summed E-state index contributed by atoms with van der Waals surface area (Å²) in [4.78, 5) is 26.5. The van der Waals surface area contributed by atoms with E-state index in [1.54, 1.807) is 7.11 Å². The lowest BCUT2D eigenvalue weighted by Crippen LogP contribution is -2.35. The van der Waals surface area contributed by atoms with Gasteiger partial charge in [0.25, 0.3) is 0 Å². The fraction of sp³-hybridized carbons (Fsp3) is 0.391. The second kappa shape index (κ2) is 9.96. The Hall–Kier alpha value is -3.02. The van der Waals surface area contributed by atoms with Crippen LogP contribution in [0.1, 0.15) is 31.4 Å². The predicted molar refractivity (Wildman–Crippen MR) is 114 cm³/mol. The van der Waals surface area contributed by atoms with Gasteiger partial charge in [-0.2, -0.15) is 0 Å². The number of carbonyl (C=O) groups is 2. The van der Waals surface area contributed by atoms with Crippen LogP contribution in [-0.4, -0.2) is 38.6 Å². The standard InChI is InChI=1S/C23H29N3O3/c1-17(27)25-22(19-8-10-21(29-2)11-9-19)14-23(28)24-15-18-12-13-26(16-18)20-6-4-3-5-7-20/h3-11,18,22H,12-16H2,1-2H3,(H,24,28)(H,25,27)/t18-,22-/m1/s1. The lowest BCUT2D eigenvalue weighted by Gasteiger charge is -2.20. The van der Waals surface area contributed by atoms with Gasteiger partial charge >= 0.3 is 0 Å². The van der Waals surface area contributed by atoms with E-state index in [9.17, 15) is 9.59 Å². The molecule has 6 nitrogen and oxygen atoms in total. The van der Waals surface area contributed by atoms with Gasteiger partial charge in [0.1, 0.15) is 5.75 Å². The fourth-order valence-electron chi connectivity index (χ4n) is 3.72. The molecule has 6 heteroatoms. The molecule has 0 aromatic heterocycles. The van der Waals surface area contributed by atoms with Gasteiger partial charge in [0.2, 0.25) is 11.8 Å². The summed E-state index contributed by atoms with van der Waals surface area (Å²) in [6, 6.07) is 17.4. The van der Waals surface area contributed by atoms with Gasteiger partial charge in [0, 0.05) is 32.2 Å². The van der Waals surface area contributed by atoms with Crippen LogP contribution in [0.25, 0.3) is 0 Å². The second-order valence-electron chi connectivity index (χ2n) is 7.47. The van der Waals surface area contributed by atoms with Crippen molar-refractivity contribution in [2.45, 2.75) is 25.8 Å². The van der Waals surface area contributed by atoms with Crippen LogP contribution in [0.3, 0.4) is 0 Å². The minimum absolute atomic E-state index is 0.0577. The van der Waals surface area contributed by atoms with E-state index in [0.29, 0.717) is 12.5 Å².